The molecule has 0 atom stereocenters. The molecule has 7 heteroatoms. The molecule has 0 amide bonds. The topological polar surface area (TPSA) is 34.1 Å². The van der Waals surface area contributed by atoms with Crippen molar-refractivity contribution in [1.82, 2.24) is 0 Å². The van der Waals surface area contributed by atoms with Crippen LogP contribution in [-0.2, 0) is 9.84 Å². The second-order valence-corrected chi connectivity index (χ2v) is 10.2. The van der Waals surface area contributed by atoms with Crippen molar-refractivity contribution in [3.8, 4) is 21.6 Å². The number of halogens is 1. The number of rotatable bonds is 3. The van der Waals surface area contributed by atoms with Crippen molar-refractivity contribution in [3.63, 3.8) is 0 Å². The van der Waals surface area contributed by atoms with E-state index in [1.165, 1.54) is 16.6 Å². The summed E-state index contributed by atoms with van der Waals surface area (Å²) in [6.45, 7) is 0. The van der Waals surface area contributed by atoms with Gasteiger partial charge in [0.25, 0.3) is 0 Å². The van der Waals surface area contributed by atoms with Crippen LogP contribution in [-0.4, -0.2) is 14.7 Å². The molecule has 0 aliphatic rings. The van der Waals surface area contributed by atoms with Crippen LogP contribution in [0.3, 0.4) is 0 Å². The molecule has 0 N–H and O–H groups in total. The first kappa shape index (κ1) is 16.8. The summed E-state index contributed by atoms with van der Waals surface area (Å²) in [5, 5.41) is 0.651. The molecule has 0 fully saturated rings. The maximum atomic E-state index is 11.6. The Bertz CT molecular complexity index is 1010. The van der Waals surface area contributed by atoms with E-state index in [0.717, 1.165) is 25.4 Å². The highest BCUT2D eigenvalue weighted by Gasteiger charge is 2.16. The summed E-state index contributed by atoms with van der Waals surface area (Å²) >= 11 is 11.8. The molecule has 23 heavy (non-hydrogen) atoms. The minimum absolute atomic E-state index is 0.305. The predicted molar refractivity (Wildman–Crippen MR) is 102 cm³/mol. The smallest absolute Gasteiger partial charge is 0.175 e. The maximum Gasteiger partial charge on any atom is 0.175 e. The highest BCUT2D eigenvalue weighted by molar-refractivity contribution is 7.90. The van der Waals surface area contributed by atoms with E-state index in [1.54, 1.807) is 22.5 Å². The van der Waals surface area contributed by atoms with Crippen molar-refractivity contribution in [2.24, 2.45) is 0 Å². The number of sulfone groups is 1. The van der Waals surface area contributed by atoms with Crippen LogP contribution in [0.4, 0.5) is 0 Å². The predicted octanol–water partition coefficient (Wildman–Crippen LogP) is 5.93. The van der Waals surface area contributed by atoms with E-state index in [0.29, 0.717) is 9.92 Å². The minimum Gasteiger partial charge on any atom is -0.224 e. The molecule has 1 aromatic heterocycles. The van der Waals surface area contributed by atoms with Gasteiger partial charge in [0.2, 0.25) is 0 Å². The summed E-state index contributed by atoms with van der Waals surface area (Å²) in [5.41, 5.74) is 2.77. The molecule has 3 aromatic rings. The van der Waals surface area contributed by atoms with Crippen LogP contribution in [0.5, 0.6) is 0 Å². The maximum absolute atomic E-state index is 11.6. The Hall–Kier alpha value is -1.05. The van der Waals surface area contributed by atoms with Crippen LogP contribution in [0.15, 0.2) is 53.4 Å². The van der Waals surface area contributed by atoms with Gasteiger partial charge in [-0.2, -0.15) is 0 Å². The fraction of sp³-hybridized carbons (Fsp3) is 0.0625. The molecule has 0 spiro atoms. The van der Waals surface area contributed by atoms with Gasteiger partial charge in [-0.1, -0.05) is 74.8 Å². The average Bonchev–Trinajstić information content (AvgIpc) is 2.89. The van der Waals surface area contributed by atoms with Gasteiger partial charge in [-0.15, -0.1) is 0 Å². The SMILES string of the molecule is CS(=O)(=O)c1ccc(-c2ssc(=S)c2-c2ccccc2Cl)cc1. The van der Waals surface area contributed by atoms with Gasteiger partial charge >= 0.3 is 0 Å². The molecule has 1 heterocycles. The number of hydrogen-bond acceptors (Lipinski definition) is 5. The van der Waals surface area contributed by atoms with Gasteiger partial charge in [-0.3, -0.25) is 0 Å². The first-order valence-corrected chi connectivity index (χ1v) is 11.4. The Labute approximate surface area is 152 Å². The molecule has 2 aromatic carbocycles. The van der Waals surface area contributed by atoms with E-state index in [-0.39, 0.29) is 0 Å². The third-order valence-electron chi connectivity index (χ3n) is 3.32. The molecular formula is C16H11ClO2S4. The second-order valence-electron chi connectivity index (χ2n) is 4.93. The van der Waals surface area contributed by atoms with E-state index in [4.69, 9.17) is 23.8 Å². The summed E-state index contributed by atoms with van der Waals surface area (Å²) in [6.07, 6.45) is 1.20. The molecule has 3 rings (SSSR count). The third-order valence-corrected chi connectivity index (χ3v) is 7.84. The zero-order valence-corrected chi connectivity index (χ0v) is 16.0. The second kappa shape index (κ2) is 6.45. The van der Waals surface area contributed by atoms with Crippen LogP contribution < -0.4 is 0 Å². The van der Waals surface area contributed by atoms with Gasteiger partial charge in [0.05, 0.1) is 9.77 Å². The van der Waals surface area contributed by atoms with Gasteiger partial charge < -0.3 is 0 Å². The van der Waals surface area contributed by atoms with Crippen LogP contribution in [0.2, 0.25) is 5.02 Å². The fourth-order valence-corrected chi connectivity index (χ4v) is 5.95. The Morgan fingerprint density at radius 2 is 1.65 bits per heavy atom. The lowest BCUT2D eigenvalue weighted by molar-refractivity contribution is 0.602. The zero-order chi connectivity index (χ0) is 16.6. The third kappa shape index (κ3) is 3.41. The summed E-state index contributed by atoms with van der Waals surface area (Å²) in [6, 6.07) is 14.4. The highest BCUT2D eigenvalue weighted by atomic mass is 35.5. The average molecular weight is 399 g/mol. The lowest BCUT2D eigenvalue weighted by Gasteiger charge is -2.06. The molecule has 0 unspecified atom stereocenters. The van der Waals surface area contributed by atoms with Gasteiger partial charge in [0.1, 0.15) is 3.82 Å². The molecule has 0 saturated heterocycles. The van der Waals surface area contributed by atoms with E-state index in [2.05, 4.69) is 0 Å². The normalized spacial score (nSPS) is 11.6. The van der Waals surface area contributed by atoms with Gasteiger partial charge in [0, 0.05) is 22.4 Å². The van der Waals surface area contributed by atoms with Crippen molar-refractivity contribution in [2.75, 3.05) is 6.26 Å². The van der Waals surface area contributed by atoms with E-state index >= 15 is 0 Å². The Morgan fingerprint density at radius 1 is 1.00 bits per heavy atom. The van der Waals surface area contributed by atoms with Crippen molar-refractivity contribution in [3.05, 3.63) is 57.4 Å². The van der Waals surface area contributed by atoms with Crippen LogP contribution in [0.25, 0.3) is 21.6 Å². The summed E-state index contributed by atoms with van der Waals surface area (Å²) in [7, 11) is -0.107. The Balaban J connectivity index is 2.16. The monoisotopic (exact) mass is 398 g/mol. The van der Waals surface area contributed by atoms with Gasteiger partial charge in [-0.05, 0) is 23.8 Å². The van der Waals surface area contributed by atoms with Gasteiger partial charge in [0.15, 0.2) is 9.84 Å². The molecule has 0 radical (unpaired) electrons. The Morgan fingerprint density at radius 3 is 2.26 bits per heavy atom. The lowest BCUT2D eigenvalue weighted by atomic mass is 10.0. The van der Waals surface area contributed by atoms with Crippen LogP contribution in [0.1, 0.15) is 0 Å². The molecule has 0 aliphatic carbocycles. The summed E-state index contributed by atoms with van der Waals surface area (Å²) in [4.78, 5) is 1.31. The van der Waals surface area contributed by atoms with E-state index < -0.39 is 9.84 Å². The quantitative estimate of drug-likeness (QED) is 0.405. The zero-order valence-electron chi connectivity index (χ0n) is 11.9. The standard InChI is InChI=1S/C16H11ClO2S4/c1-23(18,19)11-8-6-10(7-9-11)15-14(16(20)22-21-15)12-4-2-3-5-13(12)17/h2-9H,1H3. The highest BCUT2D eigenvalue weighted by Crippen LogP contribution is 2.43. The molecule has 0 bridgehead atoms. The van der Waals surface area contributed by atoms with Crippen molar-refractivity contribution >= 4 is 54.3 Å². The first-order valence-electron chi connectivity index (χ1n) is 6.56. The minimum atomic E-state index is -3.20. The number of benzene rings is 2. The molecule has 118 valence electrons. The van der Waals surface area contributed by atoms with Crippen LogP contribution >= 0.6 is 44.5 Å². The molecule has 2 nitrogen and oxygen atoms in total. The van der Waals surface area contributed by atoms with E-state index in [1.807, 2.05) is 36.4 Å². The first-order chi connectivity index (χ1) is 10.9. The molecule has 0 aliphatic heterocycles. The summed E-state index contributed by atoms with van der Waals surface area (Å²) in [5.74, 6) is 0. The number of hydrogen-bond donors (Lipinski definition) is 0. The van der Waals surface area contributed by atoms with E-state index in [9.17, 15) is 8.42 Å². The van der Waals surface area contributed by atoms with Crippen molar-refractivity contribution in [2.45, 2.75) is 4.90 Å². The molecule has 0 saturated carbocycles. The van der Waals surface area contributed by atoms with Crippen molar-refractivity contribution in [1.29, 1.82) is 0 Å². The van der Waals surface area contributed by atoms with Crippen LogP contribution in [0, 0.1) is 3.82 Å². The molecular weight excluding hydrogens is 388 g/mol. The Kier molecular flexibility index (Phi) is 4.71. The summed E-state index contributed by atoms with van der Waals surface area (Å²) < 4.78 is 24.0. The lowest BCUT2D eigenvalue weighted by Crippen LogP contribution is -1.96. The van der Waals surface area contributed by atoms with Crippen molar-refractivity contribution < 1.29 is 8.42 Å². The van der Waals surface area contributed by atoms with Gasteiger partial charge in [-0.25, -0.2) is 8.42 Å². The fourth-order valence-electron chi connectivity index (χ4n) is 2.20. The largest absolute Gasteiger partial charge is 0.224 e.